The quantitative estimate of drug-likeness (QED) is 0.648. The van der Waals surface area contributed by atoms with E-state index in [4.69, 9.17) is 0 Å². The topological polar surface area (TPSA) is 0 Å². The van der Waals surface area contributed by atoms with Crippen molar-refractivity contribution in [3.63, 3.8) is 0 Å². The standard InChI is InChI=1S/C18H12F3P/c19-13-1-7-16(8-2-13)22(17-9-3-14(20)4-10-17)18-11-5-15(21)6-12-18/h1-12H/p+1. The molecule has 0 radical (unpaired) electrons. The van der Waals surface area contributed by atoms with Crippen molar-refractivity contribution in [2.45, 2.75) is 0 Å². The van der Waals surface area contributed by atoms with Crippen molar-refractivity contribution in [2.75, 3.05) is 0 Å². The van der Waals surface area contributed by atoms with E-state index in [-0.39, 0.29) is 17.5 Å². The Bertz CT molecular complexity index is 642. The van der Waals surface area contributed by atoms with Gasteiger partial charge in [0.2, 0.25) is 0 Å². The van der Waals surface area contributed by atoms with Crippen LogP contribution in [0.3, 0.4) is 0 Å². The summed E-state index contributed by atoms with van der Waals surface area (Å²) >= 11 is 0. The molecule has 0 N–H and O–H groups in total. The van der Waals surface area contributed by atoms with E-state index in [0.717, 1.165) is 15.9 Å². The monoisotopic (exact) mass is 317 g/mol. The number of hydrogen-bond acceptors (Lipinski definition) is 0. The van der Waals surface area contributed by atoms with Crippen LogP contribution in [0.5, 0.6) is 0 Å². The summed E-state index contributed by atoms with van der Waals surface area (Å²) in [5.74, 6) is -0.907. The molecular formula is C18H13F3P+. The van der Waals surface area contributed by atoms with Crippen molar-refractivity contribution in [1.29, 1.82) is 0 Å². The fraction of sp³-hybridized carbons (Fsp3) is 0. The maximum Gasteiger partial charge on any atom is 0.123 e. The van der Waals surface area contributed by atoms with Crippen molar-refractivity contribution in [3.05, 3.63) is 90.2 Å². The van der Waals surface area contributed by atoms with Gasteiger partial charge in [-0.05, 0) is 72.8 Å². The largest absolute Gasteiger partial charge is 0.207 e. The molecule has 0 aliphatic heterocycles. The molecule has 22 heavy (non-hydrogen) atoms. The molecule has 3 rings (SSSR count). The Morgan fingerprint density at radius 3 is 0.864 bits per heavy atom. The number of halogens is 3. The second kappa shape index (κ2) is 6.33. The fourth-order valence-corrected chi connectivity index (χ4v) is 4.85. The van der Waals surface area contributed by atoms with Crippen LogP contribution >= 0.6 is 7.92 Å². The van der Waals surface area contributed by atoms with E-state index in [1.807, 2.05) is 0 Å². The van der Waals surface area contributed by atoms with Crippen molar-refractivity contribution in [1.82, 2.24) is 0 Å². The van der Waals surface area contributed by atoms with E-state index in [2.05, 4.69) is 0 Å². The van der Waals surface area contributed by atoms with Crippen LogP contribution in [0.1, 0.15) is 0 Å². The van der Waals surface area contributed by atoms with Gasteiger partial charge >= 0.3 is 0 Å². The third-order valence-corrected chi connectivity index (χ3v) is 6.13. The maximum absolute atomic E-state index is 13.2. The van der Waals surface area contributed by atoms with Gasteiger partial charge in [-0.3, -0.25) is 0 Å². The van der Waals surface area contributed by atoms with E-state index in [0.29, 0.717) is 0 Å². The average molecular weight is 317 g/mol. The summed E-state index contributed by atoms with van der Waals surface area (Å²) in [4.78, 5) is 0. The van der Waals surface area contributed by atoms with Crippen molar-refractivity contribution in [2.24, 2.45) is 0 Å². The normalized spacial score (nSPS) is 10.9. The zero-order valence-corrected chi connectivity index (χ0v) is 12.6. The Hall–Kier alpha value is -2.12. The van der Waals surface area contributed by atoms with Crippen LogP contribution in [0.2, 0.25) is 0 Å². The first-order chi connectivity index (χ1) is 10.6. The molecule has 0 heterocycles. The van der Waals surface area contributed by atoms with Crippen LogP contribution in [-0.4, -0.2) is 0 Å². The van der Waals surface area contributed by atoms with Crippen molar-refractivity contribution < 1.29 is 13.2 Å². The van der Waals surface area contributed by atoms with Gasteiger partial charge in [0, 0.05) is 0 Å². The van der Waals surface area contributed by atoms with Gasteiger partial charge in [0.1, 0.15) is 33.4 Å². The highest BCUT2D eigenvalue weighted by Gasteiger charge is 2.25. The lowest BCUT2D eigenvalue weighted by atomic mass is 10.3. The first-order valence-electron chi connectivity index (χ1n) is 6.78. The Balaban J connectivity index is 2.10. The second-order valence-corrected chi connectivity index (χ2v) is 7.38. The Labute approximate surface area is 128 Å². The molecule has 0 spiro atoms. The molecule has 110 valence electrons. The van der Waals surface area contributed by atoms with Gasteiger partial charge in [-0.1, -0.05) is 0 Å². The van der Waals surface area contributed by atoms with Crippen LogP contribution in [0.4, 0.5) is 13.2 Å². The molecule has 0 nitrogen and oxygen atoms in total. The van der Waals surface area contributed by atoms with Gasteiger partial charge in [0.05, 0.1) is 7.92 Å². The number of rotatable bonds is 3. The molecule has 3 aromatic rings. The zero-order valence-electron chi connectivity index (χ0n) is 11.6. The van der Waals surface area contributed by atoms with Gasteiger partial charge in [-0.25, -0.2) is 13.2 Å². The summed E-state index contributed by atoms with van der Waals surface area (Å²) in [7, 11) is -1.43. The van der Waals surface area contributed by atoms with Crippen LogP contribution < -0.4 is 15.9 Å². The van der Waals surface area contributed by atoms with E-state index in [1.54, 1.807) is 36.4 Å². The molecule has 4 heteroatoms. The summed E-state index contributed by atoms with van der Waals surface area (Å²) in [6.45, 7) is 0. The highest BCUT2D eigenvalue weighted by molar-refractivity contribution is 7.79. The minimum atomic E-state index is -1.43. The van der Waals surface area contributed by atoms with Gasteiger partial charge in [-0.15, -0.1) is 0 Å². The first-order valence-corrected chi connectivity index (χ1v) is 8.28. The molecule has 0 aliphatic carbocycles. The first kappa shape index (κ1) is 14.8. The lowest BCUT2D eigenvalue weighted by Gasteiger charge is -2.10. The predicted octanol–water partition coefficient (Wildman–Crippen LogP) is 3.59. The minimum absolute atomic E-state index is 0.302. The van der Waals surface area contributed by atoms with Crippen molar-refractivity contribution in [3.8, 4) is 0 Å². The van der Waals surface area contributed by atoms with Gasteiger partial charge in [0.25, 0.3) is 0 Å². The summed E-state index contributed by atoms with van der Waals surface area (Å²) in [6, 6.07) is 18.9. The molecule has 0 atom stereocenters. The Morgan fingerprint density at radius 2 is 0.636 bits per heavy atom. The number of benzene rings is 3. The highest BCUT2D eigenvalue weighted by atomic mass is 31.1. The molecule has 3 aromatic carbocycles. The van der Waals surface area contributed by atoms with E-state index in [1.165, 1.54) is 36.4 Å². The molecule has 0 saturated heterocycles. The molecule has 0 unspecified atom stereocenters. The van der Waals surface area contributed by atoms with Crippen LogP contribution in [0, 0.1) is 17.5 Å². The number of hydrogen-bond donors (Lipinski definition) is 0. The summed E-state index contributed by atoms with van der Waals surface area (Å²) in [5, 5.41) is 2.89. The maximum atomic E-state index is 13.2. The van der Waals surface area contributed by atoms with E-state index >= 15 is 0 Å². The lowest BCUT2D eigenvalue weighted by molar-refractivity contribution is 0.628. The molecule has 0 saturated carbocycles. The second-order valence-electron chi connectivity index (χ2n) is 4.90. The Morgan fingerprint density at radius 1 is 0.409 bits per heavy atom. The fourth-order valence-electron chi connectivity index (χ4n) is 2.35. The van der Waals surface area contributed by atoms with Crippen LogP contribution in [0.25, 0.3) is 0 Å². The van der Waals surface area contributed by atoms with Crippen LogP contribution in [0.15, 0.2) is 72.8 Å². The van der Waals surface area contributed by atoms with Crippen LogP contribution in [-0.2, 0) is 0 Å². The van der Waals surface area contributed by atoms with Gasteiger partial charge in [-0.2, -0.15) is 0 Å². The third-order valence-electron chi connectivity index (χ3n) is 3.40. The van der Waals surface area contributed by atoms with E-state index < -0.39 is 7.92 Å². The average Bonchev–Trinajstić information content (AvgIpc) is 2.53. The smallest absolute Gasteiger partial charge is 0.123 e. The predicted molar refractivity (Wildman–Crippen MR) is 86.4 cm³/mol. The third kappa shape index (κ3) is 3.20. The molecule has 0 amide bonds. The van der Waals surface area contributed by atoms with Gasteiger partial charge in [0.15, 0.2) is 0 Å². The van der Waals surface area contributed by atoms with E-state index in [9.17, 15) is 13.2 Å². The van der Waals surface area contributed by atoms with Gasteiger partial charge < -0.3 is 0 Å². The van der Waals surface area contributed by atoms with Crippen molar-refractivity contribution >= 4 is 23.8 Å². The lowest BCUT2D eigenvalue weighted by Crippen LogP contribution is -2.20. The summed E-state index contributed by atoms with van der Waals surface area (Å²) in [6.07, 6.45) is 0. The Kier molecular flexibility index (Phi) is 4.26. The molecule has 0 aliphatic rings. The molecule has 0 fully saturated rings. The zero-order chi connectivity index (χ0) is 15.5. The molecule has 0 bridgehead atoms. The highest BCUT2D eigenvalue weighted by Crippen LogP contribution is 2.32. The minimum Gasteiger partial charge on any atom is -0.207 e. The molecule has 0 aromatic heterocycles. The summed E-state index contributed by atoms with van der Waals surface area (Å²) in [5.41, 5.74) is 0. The summed E-state index contributed by atoms with van der Waals surface area (Å²) < 4.78 is 39.5. The molecular weight excluding hydrogens is 304 g/mol. The SMILES string of the molecule is Fc1ccc([PH+](c2ccc(F)cc2)c2ccc(F)cc2)cc1.